The summed E-state index contributed by atoms with van der Waals surface area (Å²) in [6.45, 7) is 12.2. The van der Waals surface area contributed by atoms with E-state index in [1.807, 2.05) is 6.92 Å². The molecule has 1 heteroatoms. The molecule has 39 heavy (non-hydrogen) atoms. The van der Waals surface area contributed by atoms with Crippen molar-refractivity contribution in [3.8, 4) is 11.1 Å². The largest absolute Gasteiger partial charge is 0.252 e. The quantitative estimate of drug-likeness (QED) is 0.167. The molecule has 0 radical (unpaired) electrons. The molecule has 6 aromatic carbocycles. The van der Waals surface area contributed by atoms with Gasteiger partial charge in [0.25, 0.3) is 0 Å². The van der Waals surface area contributed by atoms with Crippen molar-refractivity contribution in [2.24, 2.45) is 4.99 Å². The highest BCUT2D eigenvalue weighted by molar-refractivity contribution is 6.29. The van der Waals surface area contributed by atoms with Crippen LogP contribution in [0.15, 0.2) is 115 Å². The van der Waals surface area contributed by atoms with Gasteiger partial charge in [-0.2, -0.15) is 0 Å². The van der Waals surface area contributed by atoms with Crippen LogP contribution in [0.1, 0.15) is 50.8 Å². The minimum atomic E-state index is 0.195. The Morgan fingerprint density at radius 3 is 1.92 bits per heavy atom. The van der Waals surface area contributed by atoms with Crippen LogP contribution in [-0.4, -0.2) is 5.71 Å². The van der Waals surface area contributed by atoms with Crippen molar-refractivity contribution in [1.82, 2.24) is 0 Å². The Bertz CT molecular complexity index is 1850. The molecule has 0 saturated carbocycles. The third kappa shape index (κ3) is 4.23. The van der Waals surface area contributed by atoms with Gasteiger partial charge in [-0.25, -0.2) is 0 Å². The highest BCUT2D eigenvalue weighted by Gasteiger charge is 2.21. The van der Waals surface area contributed by atoms with Gasteiger partial charge in [-0.05, 0) is 79.4 Å². The van der Waals surface area contributed by atoms with Crippen molar-refractivity contribution in [3.05, 3.63) is 126 Å². The molecule has 0 saturated heterocycles. The Balaban J connectivity index is 0.000000883. The van der Waals surface area contributed by atoms with Crippen LogP contribution in [-0.2, 0) is 11.8 Å². The summed E-state index contributed by atoms with van der Waals surface area (Å²) in [5.41, 5.74) is 9.02. The Kier molecular flexibility index (Phi) is 6.31. The second-order valence-corrected chi connectivity index (χ2v) is 11.2. The first-order chi connectivity index (χ1) is 18.9. The summed E-state index contributed by atoms with van der Waals surface area (Å²) in [6.07, 6.45) is 3.77. The highest BCUT2D eigenvalue weighted by atomic mass is 14.8. The van der Waals surface area contributed by atoms with Crippen molar-refractivity contribution in [1.29, 1.82) is 0 Å². The van der Waals surface area contributed by atoms with Crippen molar-refractivity contribution in [3.63, 3.8) is 0 Å². The molecule has 0 spiro atoms. The molecule has 1 aliphatic rings. The Labute approximate surface area is 231 Å². The van der Waals surface area contributed by atoms with Gasteiger partial charge >= 0.3 is 0 Å². The maximum Gasteiger partial charge on any atom is 0.0669 e. The minimum absolute atomic E-state index is 0.195. The van der Waals surface area contributed by atoms with Gasteiger partial charge in [-0.15, -0.1) is 6.58 Å². The maximum atomic E-state index is 5.02. The number of hydrogen-bond acceptors (Lipinski definition) is 1. The van der Waals surface area contributed by atoms with Gasteiger partial charge in [0.1, 0.15) is 0 Å². The molecule has 1 aliphatic heterocycles. The molecule has 0 bridgehead atoms. The van der Waals surface area contributed by atoms with Gasteiger partial charge < -0.3 is 0 Å². The van der Waals surface area contributed by atoms with E-state index in [0.29, 0.717) is 0 Å². The molecular weight excluding hydrogens is 470 g/mol. The Morgan fingerprint density at radius 1 is 0.744 bits per heavy atom. The van der Waals surface area contributed by atoms with Gasteiger partial charge in [-0.3, -0.25) is 4.99 Å². The summed E-state index contributed by atoms with van der Waals surface area (Å²) in [7, 11) is 0. The van der Waals surface area contributed by atoms with Crippen LogP contribution < -0.4 is 0 Å². The molecule has 1 heterocycles. The Morgan fingerprint density at radius 2 is 1.31 bits per heavy atom. The molecule has 6 aromatic rings. The van der Waals surface area contributed by atoms with E-state index in [2.05, 4.69) is 124 Å². The molecule has 7 rings (SSSR count). The van der Waals surface area contributed by atoms with E-state index in [0.717, 1.165) is 18.5 Å². The lowest BCUT2D eigenvalue weighted by Gasteiger charge is -2.23. The molecule has 0 fully saturated rings. The molecule has 0 amide bonds. The Hall–Kier alpha value is -4.23. The van der Waals surface area contributed by atoms with Crippen LogP contribution in [0.3, 0.4) is 0 Å². The molecule has 0 unspecified atom stereocenters. The lowest BCUT2D eigenvalue weighted by Crippen LogP contribution is -2.14. The van der Waals surface area contributed by atoms with Crippen LogP contribution in [0, 0.1) is 0 Å². The highest BCUT2D eigenvalue weighted by Crippen LogP contribution is 2.41. The fraction of sp³-hybridized carbons (Fsp3) is 0.184. The number of benzene rings is 6. The third-order valence-corrected chi connectivity index (χ3v) is 8.44. The van der Waals surface area contributed by atoms with Crippen molar-refractivity contribution in [2.75, 3.05) is 0 Å². The minimum Gasteiger partial charge on any atom is -0.252 e. The lowest BCUT2D eigenvalue weighted by molar-refractivity contribution is 0.506. The van der Waals surface area contributed by atoms with E-state index >= 15 is 0 Å². The number of fused-ring (bicyclic) bond motifs is 1. The van der Waals surface area contributed by atoms with Crippen LogP contribution >= 0.6 is 0 Å². The summed E-state index contributed by atoms with van der Waals surface area (Å²) in [5.74, 6) is 0. The number of hydrogen-bond donors (Lipinski definition) is 0. The van der Waals surface area contributed by atoms with Crippen molar-refractivity contribution in [2.45, 2.75) is 46.0 Å². The third-order valence-electron chi connectivity index (χ3n) is 8.44. The number of rotatable bonds is 4. The number of allylic oxidation sites excluding steroid dienone is 1. The zero-order chi connectivity index (χ0) is 27.1. The monoisotopic (exact) mass is 505 g/mol. The molecule has 1 nitrogen and oxygen atoms in total. The number of nitrogens with zero attached hydrogens (tertiary/aromatic N) is 1. The average Bonchev–Trinajstić information content (AvgIpc) is 3.40. The predicted octanol–water partition coefficient (Wildman–Crippen LogP) is 10.8. The maximum absolute atomic E-state index is 5.02. The molecule has 0 N–H and O–H groups in total. The topological polar surface area (TPSA) is 12.4 Å². The molecule has 192 valence electrons. The van der Waals surface area contributed by atoms with E-state index in [4.69, 9.17) is 4.99 Å². The normalized spacial score (nSPS) is 12.9. The van der Waals surface area contributed by atoms with Gasteiger partial charge in [0.05, 0.1) is 11.4 Å². The molecular formula is C38H35N. The zero-order valence-electron chi connectivity index (χ0n) is 23.4. The lowest BCUT2D eigenvalue weighted by atomic mass is 9.81. The van der Waals surface area contributed by atoms with Gasteiger partial charge in [0.2, 0.25) is 0 Å². The molecule has 0 aromatic heterocycles. The fourth-order valence-electron chi connectivity index (χ4n) is 5.90. The zero-order valence-corrected chi connectivity index (χ0v) is 23.4. The van der Waals surface area contributed by atoms with Crippen LogP contribution in [0.2, 0.25) is 0 Å². The van der Waals surface area contributed by atoms with Crippen molar-refractivity contribution < 1.29 is 0 Å². The van der Waals surface area contributed by atoms with E-state index in [9.17, 15) is 0 Å². The van der Waals surface area contributed by atoms with Crippen LogP contribution in [0.25, 0.3) is 43.4 Å². The van der Waals surface area contributed by atoms with E-state index in [-0.39, 0.29) is 5.41 Å². The SMILES string of the molecule is C=CC.CCC(C)(C)c1ccc(-c2ccc3ccc4c(C5=Nc6ccccc6C5)ccc5ccc2c3c54)cc1. The first kappa shape index (κ1) is 25.1. The summed E-state index contributed by atoms with van der Waals surface area (Å²) < 4.78 is 0. The smallest absolute Gasteiger partial charge is 0.0669 e. The van der Waals surface area contributed by atoms with Gasteiger partial charge in [0, 0.05) is 12.0 Å². The second-order valence-electron chi connectivity index (χ2n) is 11.2. The fourth-order valence-corrected chi connectivity index (χ4v) is 5.90. The average molecular weight is 506 g/mol. The first-order valence-corrected chi connectivity index (χ1v) is 14.0. The van der Waals surface area contributed by atoms with Crippen LogP contribution in [0.4, 0.5) is 5.69 Å². The predicted molar refractivity (Wildman–Crippen MR) is 171 cm³/mol. The first-order valence-electron chi connectivity index (χ1n) is 14.0. The summed E-state index contributed by atoms with van der Waals surface area (Å²) >= 11 is 0. The van der Waals surface area contributed by atoms with E-state index in [1.165, 1.54) is 65.8 Å². The van der Waals surface area contributed by atoms with Crippen LogP contribution in [0.5, 0.6) is 0 Å². The number of para-hydroxylation sites is 1. The van der Waals surface area contributed by atoms with Gasteiger partial charge in [-0.1, -0.05) is 118 Å². The number of aliphatic imine (C=N–C) groups is 1. The summed E-state index contributed by atoms with van der Waals surface area (Å²) in [4.78, 5) is 5.02. The van der Waals surface area contributed by atoms with Gasteiger partial charge in [0.15, 0.2) is 0 Å². The van der Waals surface area contributed by atoms with Crippen molar-refractivity contribution >= 4 is 43.7 Å². The summed E-state index contributed by atoms with van der Waals surface area (Å²) in [6, 6.07) is 36.0. The van der Waals surface area contributed by atoms with E-state index in [1.54, 1.807) is 6.08 Å². The van der Waals surface area contributed by atoms with E-state index < -0.39 is 0 Å². The standard InChI is InChI=1S/C35H29N.C3H6/c1-4-35(2,3)26-15-9-22(10-16-26)27-17-11-23-14-20-30-28(32-21-25-7-5-6-8-31(25)36-32)18-12-24-13-19-29(27)33(23)34(24)30;1-3-2/h5-20H,4,21H2,1-3H3;3H,1H2,2H3. The summed E-state index contributed by atoms with van der Waals surface area (Å²) in [5, 5.41) is 7.92. The second kappa shape index (κ2) is 9.82. The molecule has 0 aliphatic carbocycles. The molecule has 0 atom stereocenters.